The summed E-state index contributed by atoms with van der Waals surface area (Å²) in [5, 5.41) is 13.2. The largest absolute Gasteiger partial charge is 0.481 e. The van der Waals surface area contributed by atoms with Crippen molar-refractivity contribution in [2.75, 3.05) is 19.7 Å². The number of nitrogens with zero attached hydrogens (tertiary/aromatic N) is 2. The van der Waals surface area contributed by atoms with Gasteiger partial charge in [0.15, 0.2) is 6.61 Å². The lowest BCUT2D eigenvalue weighted by atomic mass is 9.97. The van der Waals surface area contributed by atoms with Gasteiger partial charge in [0, 0.05) is 18.7 Å². The van der Waals surface area contributed by atoms with Gasteiger partial charge in [-0.2, -0.15) is 5.10 Å². The number of hydrazone groups is 1. The quantitative estimate of drug-likeness (QED) is 0.233. The Kier molecular flexibility index (Phi) is 9.72. The van der Waals surface area contributed by atoms with E-state index in [0.29, 0.717) is 63.3 Å². The van der Waals surface area contributed by atoms with Gasteiger partial charge in [-0.05, 0) is 92.7 Å². The second-order valence-electron chi connectivity index (χ2n) is 8.74. The molecule has 1 heterocycles. The first kappa shape index (κ1) is 28.3. The molecule has 0 aliphatic carbocycles. The predicted molar refractivity (Wildman–Crippen MR) is 152 cm³/mol. The van der Waals surface area contributed by atoms with Gasteiger partial charge in [-0.15, -0.1) is 0 Å². The number of benzene rings is 3. The third kappa shape index (κ3) is 7.90. The number of carboxylic acids is 1. The number of piperidine rings is 1. The molecular weight excluding hydrogens is 634 g/mol. The van der Waals surface area contributed by atoms with Crippen LogP contribution in [0.4, 0.5) is 0 Å². The fraction of sp³-hybridized carbons (Fsp3) is 0.214. The van der Waals surface area contributed by atoms with Crippen molar-refractivity contribution >= 4 is 55.9 Å². The van der Waals surface area contributed by atoms with Crippen molar-refractivity contribution in [1.82, 2.24) is 10.3 Å². The molecule has 9 nitrogen and oxygen atoms in total. The van der Waals surface area contributed by atoms with Gasteiger partial charge in [-0.1, -0.05) is 24.3 Å². The van der Waals surface area contributed by atoms with Crippen molar-refractivity contribution in [1.29, 1.82) is 0 Å². The molecule has 3 aromatic rings. The van der Waals surface area contributed by atoms with E-state index in [0.717, 1.165) is 0 Å². The molecule has 2 amide bonds. The maximum Gasteiger partial charge on any atom is 0.306 e. The van der Waals surface area contributed by atoms with Crippen molar-refractivity contribution in [3.63, 3.8) is 0 Å². The second-order valence-corrected chi connectivity index (χ2v) is 10.4. The highest BCUT2D eigenvalue weighted by molar-refractivity contribution is 9.11. The van der Waals surface area contributed by atoms with Gasteiger partial charge in [-0.25, -0.2) is 5.43 Å². The number of carboxylic acid groups (broad SMARTS) is 1. The number of halogens is 2. The van der Waals surface area contributed by atoms with Crippen LogP contribution >= 0.6 is 31.9 Å². The smallest absolute Gasteiger partial charge is 0.306 e. The zero-order valence-electron chi connectivity index (χ0n) is 20.7. The summed E-state index contributed by atoms with van der Waals surface area (Å²) in [6.07, 6.45) is 2.36. The van der Waals surface area contributed by atoms with Crippen LogP contribution in [0, 0.1) is 5.92 Å². The predicted octanol–water partition coefficient (Wildman–Crippen LogP) is 5.47. The number of carbonyl (C=O) groups excluding carboxylic acids is 2. The highest BCUT2D eigenvalue weighted by Crippen LogP contribution is 2.34. The summed E-state index contributed by atoms with van der Waals surface area (Å²) in [6.45, 7) is 0.616. The van der Waals surface area contributed by atoms with Gasteiger partial charge in [0.05, 0.1) is 21.1 Å². The summed E-state index contributed by atoms with van der Waals surface area (Å²) >= 11 is 6.91. The monoisotopic (exact) mass is 657 g/mol. The molecule has 11 heteroatoms. The summed E-state index contributed by atoms with van der Waals surface area (Å²) in [5.41, 5.74) is 3.57. The fourth-order valence-electron chi connectivity index (χ4n) is 3.95. The number of carbonyl (C=O) groups is 3. The number of hydrogen-bond donors (Lipinski definition) is 2. The van der Waals surface area contributed by atoms with Gasteiger partial charge in [-0.3, -0.25) is 14.4 Å². The van der Waals surface area contributed by atoms with Gasteiger partial charge < -0.3 is 19.5 Å². The molecule has 0 atom stereocenters. The molecular formula is C28H25Br2N3O6. The molecule has 0 saturated carbocycles. The van der Waals surface area contributed by atoms with Crippen LogP contribution in [0.15, 0.2) is 80.8 Å². The maximum atomic E-state index is 12.6. The maximum absolute atomic E-state index is 12.6. The molecule has 2 N–H and O–H groups in total. The Morgan fingerprint density at radius 2 is 1.64 bits per heavy atom. The fourth-order valence-corrected chi connectivity index (χ4v) is 5.40. The first-order valence-electron chi connectivity index (χ1n) is 12.1. The topological polar surface area (TPSA) is 118 Å². The molecule has 39 heavy (non-hydrogen) atoms. The van der Waals surface area contributed by atoms with Crippen LogP contribution < -0.4 is 14.9 Å². The molecule has 0 aromatic heterocycles. The Balaban J connectivity index is 1.31. The lowest BCUT2D eigenvalue weighted by molar-refractivity contribution is -0.146. The SMILES string of the molecule is O=C(N/N=C/c1cc(Br)c(OCC(=O)N2CCC(C(=O)O)CC2)c(Br)c1)c1cccc(Oc2ccccc2)c1. The van der Waals surface area contributed by atoms with Crippen LogP contribution in [0.2, 0.25) is 0 Å². The van der Waals surface area contributed by atoms with Crippen molar-refractivity contribution in [3.8, 4) is 17.2 Å². The van der Waals surface area contributed by atoms with Gasteiger partial charge >= 0.3 is 5.97 Å². The Labute approximate surface area is 242 Å². The normalized spacial score (nSPS) is 13.7. The van der Waals surface area contributed by atoms with E-state index in [9.17, 15) is 14.4 Å². The molecule has 202 valence electrons. The first-order chi connectivity index (χ1) is 18.8. The molecule has 0 radical (unpaired) electrons. The van der Waals surface area contributed by atoms with Crippen LogP contribution in [0.1, 0.15) is 28.8 Å². The van der Waals surface area contributed by atoms with Crippen LogP contribution in [-0.4, -0.2) is 53.7 Å². The zero-order valence-corrected chi connectivity index (χ0v) is 23.9. The standard InChI is InChI=1S/C28H25Br2N3O6/c29-23-13-18(14-24(30)26(23)38-17-25(34)33-11-9-19(10-12-33)28(36)37)16-31-32-27(35)20-5-4-8-22(15-20)39-21-6-2-1-3-7-21/h1-8,13-16,19H,9-12,17H2,(H,32,35)(H,36,37)/b31-16+. The lowest BCUT2D eigenvalue weighted by Gasteiger charge is -2.30. The Bertz CT molecular complexity index is 1350. The number of ether oxygens (including phenoxy) is 2. The summed E-state index contributed by atoms with van der Waals surface area (Å²) < 4.78 is 12.7. The van der Waals surface area contributed by atoms with E-state index in [1.807, 2.05) is 30.3 Å². The number of amides is 2. The van der Waals surface area contributed by atoms with E-state index in [2.05, 4.69) is 42.4 Å². The molecule has 0 bridgehead atoms. The molecule has 1 aliphatic heterocycles. The van der Waals surface area contributed by atoms with Gasteiger partial charge in [0.2, 0.25) is 0 Å². The number of rotatable bonds is 9. The summed E-state index contributed by atoms with van der Waals surface area (Å²) in [5.74, 6) is -0.183. The summed E-state index contributed by atoms with van der Waals surface area (Å²) in [6, 6.07) is 19.6. The van der Waals surface area contributed by atoms with Crippen molar-refractivity contribution < 1.29 is 29.0 Å². The summed E-state index contributed by atoms with van der Waals surface area (Å²) in [7, 11) is 0. The van der Waals surface area contributed by atoms with E-state index < -0.39 is 17.8 Å². The van der Waals surface area contributed by atoms with E-state index in [-0.39, 0.29) is 12.5 Å². The third-order valence-corrected chi connectivity index (χ3v) is 7.19. The molecule has 3 aromatic carbocycles. The number of para-hydroxylation sites is 1. The minimum Gasteiger partial charge on any atom is -0.481 e. The zero-order chi connectivity index (χ0) is 27.8. The minimum atomic E-state index is -0.822. The molecule has 0 unspecified atom stereocenters. The average Bonchev–Trinajstić information content (AvgIpc) is 2.93. The highest BCUT2D eigenvalue weighted by Gasteiger charge is 2.27. The number of aliphatic carboxylic acids is 1. The van der Waals surface area contributed by atoms with Crippen LogP contribution in [-0.2, 0) is 9.59 Å². The third-order valence-electron chi connectivity index (χ3n) is 6.01. The number of nitrogens with one attached hydrogen (secondary N) is 1. The molecule has 1 saturated heterocycles. The van der Waals surface area contributed by atoms with E-state index in [1.165, 1.54) is 6.21 Å². The molecule has 1 fully saturated rings. The van der Waals surface area contributed by atoms with Crippen molar-refractivity contribution in [2.45, 2.75) is 12.8 Å². The van der Waals surface area contributed by atoms with Gasteiger partial charge in [0.1, 0.15) is 17.2 Å². The Hall–Kier alpha value is -3.70. The summed E-state index contributed by atoms with van der Waals surface area (Å²) in [4.78, 5) is 37.8. The molecule has 1 aliphatic rings. The van der Waals surface area contributed by atoms with Gasteiger partial charge in [0.25, 0.3) is 11.8 Å². The molecule has 0 spiro atoms. The van der Waals surface area contributed by atoms with Crippen LogP contribution in [0.3, 0.4) is 0 Å². The van der Waals surface area contributed by atoms with Crippen molar-refractivity contribution in [2.24, 2.45) is 11.0 Å². The van der Waals surface area contributed by atoms with E-state index >= 15 is 0 Å². The van der Waals surface area contributed by atoms with E-state index in [4.69, 9.17) is 14.6 Å². The van der Waals surface area contributed by atoms with Crippen LogP contribution in [0.5, 0.6) is 17.2 Å². The second kappa shape index (κ2) is 13.4. The Morgan fingerprint density at radius 1 is 0.974 bits per heavy atom. The van der Waals surface area contributed by atoms with Crippen LogP contribution in [0.25, 0.3) is 0 Å². The number of hydrogen-bond acceptors (Lipinski definition) is 6. The number of likely N-dealkylation sites (tertiary alicyclic amines) is 1. The first-order valence-corrected chi connectivity index (χ1v) is 13.7. The molecule has 4 rings (SSSR count). The Morgan fingerprint density at radius 3 is 2.31 bits per heavy atom. The van der Waals surface area contributed by atoms with E-state index in [1.54, 1.807) is 41.3 Å². The average molecular weight is 659 g/mol. The van der Waals surface area contributed by atoms with Crippen molar-refractivity contribution in [3.05, 3.63) is 86.8 Å². The lowest BCUT2D eigenvalue weighted by Crippen LogP contribution is -2.42. The minimum absolute atomic E-state index is 0.175. The highest BCUT2D eigenvalue weighted by atomic mass is 79.9.